The molecular formula is C9H19F2NO2. The van der Waals surface area contributed by atoms with Crippen molar-refractivity contribution < 1.29 is 18.6 Å². The van der Waals surface area contributed by atoms with E-state index >= 15 is 0 Å². The van der Waals surface area contributed by atoms with Crippen molar-refractivity contribution in [2.24, 2.45) is 5.73 Å². The van der Waals surface area contributed by atoms with Crippen molar-refractivity contribution in [3.05, 3.63) is 0 Å². The van der Waals surface area contributed by atoms with Gasteiger partial charge in [-0.25, -0.2) is 8.78 Å². The summed E-state index contributed by atoms with van der Waals surface area (Å²) in [7, 11) is 0. The van der Waals surface area contributed by atoms with Crippen LogP contribution in [0, 0.1) is 0 Å². The maximum Gasteiger partial charge on any atom is 0.245 e. The summed E-state index contributed by atoms with van der Waals surface area (Å²) < 4.78 is 29.8. The summed E-state index contributed by atoms with van der Waals surface area (Å²) in [5.74, 6) is -2.64. The van der Waals surface area contributed by atoms with Gasteiger partial charge in [-0.1, -0.05) is 0 Å². The van der Waals surface area contributed by atoms with Crippen LogP contribution in [0.1, 0.15) is 26.2 Å². The van der Waals surface area contributed by atoms with Gasteiger partial charge < -0.3 is 15.6 Å². The predicted molar refractivity (Wildman–Crippen MR) is 50.4 cm³/mol. The second-order valence-electron chi connectivity index (χ2n) is 3.49. The lowest BCUT2D eigenvalue weighted by Crippen LogP contribution is -2.25. The summed E-state index contributed by atoms with van der Waals surface area (Å²) >= 11 is 0. The highest BCUT2D eigenvalue weighted by Gasteiger charge is 2.21. The zero-order valence-corrected chi connectivity index (χ0v) is 8.51. The fourth-order valence-corrected chi connectivity index (χ4v) is 0.984. The smallest absolute Gasteiger partial charge is 0.245 e. The summed E-state index contributed by atoms with van der Waals surface area (Å²) in [6, 6.07) is -0.250. The molecule has 0 aromatic carbocycles. The molecule has 0 spiro atoms. The second-order valence-corrected chi connectivity index (χ2v) is 3.49. The van der Waals surface area contributed by atoms with E-state index in [0.717, 1.165) is 6.92 Å². The van der Waals surface area contributed by atoms with Crippen LogP contribution in [0.25, 0.3) is 0 Å². The summed E-state index contributed by atoms with van der Waals surface area (Å²) in [5.41, 5.74) is 5.59. The molecule has 0 aromatic heterocycles. The largest absolute Gasteiger partial charge is 0.394 e. The Hall–Kier alpha value is -0.260. The average molecular weight is 211 g/mol. The van der Waals surface area contributed by atoms with Crippen LogP contribution in [0.4, 0.5) is 8.78 Å². The molecule has 0 aliphatic heterocycles. The first-order valence-electron chi connectivity index (χ1n) is 4.77. The summed E-state index contributed by atoms with van der Waals surface area (Å²) in [6.45, 7) is 1.55. The maximum absolute atomic E-state index is 12.4. The van der Waals surface area contributed by atoms with Crippen molar-refractivity contribution in [1.29, 1.82) is 0 Å². The molecule has 0 radical (unpaired) electrons. The van der Waals surface area contributed by atoms with Gasteiger partial charge in [-0.05, 0) is 19.8 Å². The topological polar surface area (TPSA) is 55.5 Å². The number of halogens is 2. The van der Waals surface area contributed by atoms with Crippen molar-refractivity contribution >= 4 is 0 Å². The lowest BCUT2D eigenvalue weighted by Gasteiger charge is -2.14. The number of hydrogen-bond donors (Lipinski definition) is 2. The van der Waals surface area contributed by atoms with Gasteiger partial charge in [0.1, 0.15) is 0 Å². The molecule has 1 atom stereocenters. The summed E-state index contributed by atoms with van der Waals surface area (Å²) in [6.07, 6.45) is 0.663. The zero-order chi connectivity index (χ0) is 11.0. The quantitative estimate of drug-likeness (QED) is 0.592. The lowest BCUT2D eigenvalue weighted by atomic mass is 10.1. The Morgan fingerprint density at radius 2 is 2.00 bits per heavy atom. The number of hydrogen-bond acceptors (Lipinski definition) is 3. The molecule has 0 heterocycles. The van der Waals surface area contributed by atoms with Gasteiger partial charge in [-0.2, -0.15) is 0 Å². The van der Waals surface area contributed by atoms with Crippen molar-refractivity contribution in [1.82, 2.24) is 0 Å². The van der Waals surface area contributed by atoms with Crippen LogP contribution in [0.2, 0.25) is 0 Å². The molecule has 0 aliphatic rings. The first-order valence-corrected chi connectivity index (χ1v) is 4.77. The van der Waals surface area contributed by atoms with E-state index in [9.17, 15) is 8.78 Å². The van der Waals surface area contributed by atoms with Gasteiger partial charge in [0.25, 0.3) is 0 Å². The molecule has 0 amide bonds. The minimum Gasteiger partial charge on any atom is -0.394 e. The monoisotopic (exact) mass is 211 g/mol. The van der Waals surface area contributed by atoms with Crippen LogP contribution in [-0.4, -0.2) is 36.9 Å². The van der Waals surface area contributed by atoms with Crippen LogP contribution in [0.5, 0.6) is 0 Å². The minimum atomic E-state index is -2.64. The van der Waals surface area contributed by atoms with Crippen molar-refractivity contribution in [2.75, 3.05) is 19.8 Å². The highest BCUT2D eigenvalue weighted by atomic mass is 19.3. The second kappa shape index (κ2) is 7.09. The number of nitrogens with two attached hydrogens (primary N) is 1. The van der Waals surface area contributed by atoms with E-state index in [1.807, 2.05) is 0 Å². The summed E-state index contributed by atoms with van der Waals surface area (Å²) in [5, 5.41) is 8.39. The Balaban J connectivity index is 3.32. The van der Waals surface area contributed by atoms with Crippen LogP contribution in [0.3, 0.4) is 0 Å². The molecule has 5 heteroatoms. The highest BCUT2D eigenvalue weighted by molar-refractivity contribution is 4.66. The molecule has 3 N–H and O–H groups in total. The highest BCUT2D eigenvalue weighted by Crippen LogP contribution is 2.19. The van der Waals surface area contributed by atoms with Crippen molar-refractivity contribution in [3.63, 3.8) is 0 Å². The molecule has 0 rings (SSSR count). The van der Waals surface area contributed by atoms with Crippen molar-refractivity contribution in [2.45, 2.75) is 38.2 Å². The third kappa shape index (κ3) is 9.83. The number of rotatable bonds is 8. The Morgan fingerprint density at radius 3 is 2.50 bits per heavy atom. The Labute approximate surface area is 83.2 Å². The van der Waals surface area contributed by atoms with Crippen LogP contribution >= 0.6 is 0 Å². The molecule has 0 saturated heterocycles. The number of ether oxygens (including phenoxy) is 1. The molecule has 86 valence electrons. The zero-order valence-electron chi connectivity index (χ0n) is 8.51. The van der Waals surface area contributed by atoms with E-state index in [1.165, 1.54) is 0 Å². The van der Waals surface area contributed by atoms with Crippen LogP contribution < -0.4 is 5.73 Å². The van der Waals surface area contributed by atoms with Crippen molar-refractivity contribution in [3.8, 4) is 0 Å². The Morgan fingerprint density at radius 1 is 1.36 bits per heavy atom. The third-order valence-corrected chi connectivity index (χ3v) is 1.82. The number of alkyl halides is 2. The molecule has 0 saturated carbocycles. The van der Waals surface area contributed by atoms with E-state index in [-0.39, 0.29) is 25.7 Å². The molecule has 14 heavy (non-hydrogen) atoms. The predicted octanol–water partition coefficient (Wildman–Crippen LogP) is 1.15. The van der Waals surface area contributed by atoms with Gasteiger partial charge >= 0.3 is 0 Å². The van der Waals surface area contributed by atoms with E-state index in [2.05, 4.69) is 0 Å². The molecule has 3 nitrogen and oxygen atoms in total. The minimum absolute atomic E-state index is 0.0255. The number of aliphatic hydroxyl groups excluding tert-OH is 1. The van der Waals surface area contributed by atoms with Gasteiger partial charge in [0.15, 0.2) is 0 Å². The maximum atomic E-state index is 12.4. The Bertz CT molecular complexity index is 139. The molecule has 0 aliphatic carbocycles. The summed E-state index contributed by atoms with van der Waals surface area (Å²) in [4.78, 5) is 0. The van der Waals surface area contributed by atoms with Gasteiger partial charge in [0.2, 0.25) is 5.92 Å². The molecule has 1 unspecified atom stereocenters. The first kappa shape index (κ1) is 13.7. The van der Waals surface area contributed by atoms with Crippen LogP contribution in [0.15, 0.2) is 0 Å². The molecule has 0 aromatic rings. The molecule has 0 bridgehead atoms. The Kier molecular flexibility index (Phi) is 6.96. The fraction of sp³-hybridized carbons (Fsp3) is 1.00. The SMILES string of the molecule is CC(F)(F)CCC(N)CCOCCO. The number of aliphatic hydroxyl groups is 1. The van der Waals surface area contributed by atoms with E-state index < -0.39 is 5.92 Å². The van der Waals surface area contributed by atoms with Gasteiger partial charge in [0.05, 0.1) is 13.2 Å². The van der Waals surface area contributed by atoms with E-state index in [0.29, 0.717) is 19.4 Å². The first-order chi connectivity index (χ1) is 6.45. The third-order valence-electron chi connectivity index (χ3n) is 1.82. The van der Waals surface area contributed by atoms with E-state index in [4.69, 9.17) is 15.6 Å². The standard InChI is InChI=1S/C9H19F2NO2/c1-9(10,11)4-2-8(12)3-6-14-7-5-13/h8,13H,2-7,12H2,1H3. The average Bonchev–Trinajstić information content (AvgIpc) is 2.08. The molecular weight excluding hydrogens is 192 g/mol. The lowest BCUT2D eigenvalue weighted by molar-refractivity contribution is 0.00795. The normalized spacial score (nSPS) is 14.4. The van der Waals surface area contributed by atoms with E-state index in [1.54, 1.807) is 0 Å². The van der Waals surface area contributed by atoms with Gasteiger partial charge in [-0.15, -0.1) is 0 Å². The van der Waals surface area contributed by atoms with Crippen LogP contribution in [-0.2, 0) is 4.74 Å². The van der Waals surface area contributed by atoms with Gasteiger partial charge in [0, 0.05) is 19.1 Å². The van der Waals surface area contributed by atoms with Gasteiger partial charge in [-0.3, -0.25) is 0 Å². The fourth-order valence-electron chi connectivity index (χ4n) is 0.984. The molecule has 0 fully saturated rings.